The van der Waals surface area contributed by atoms with Gasteiger partial charge in [0.15, 0.2) is 5.69 Å². The number of likely N-dealkylation sites (N-methyl/N-ethyl adjacent to an activating group) is 1. The molecule has 2 aromatic heterocycles. The molecule has 0 radical (unpaired) electrons. The molecule has 3 heterocycles. The number of alkyl halides is 3. The van der Waals surface area contributed by atoms with Crippen LogP contribution in [0.4, 0.5) is 13.2 Å². The Balaban J connectivity index is 0.000000313. The largest absolute Gasteiger partial charge is 0.759 e. The Morgan fingerprint density at radius 1 is 1.41 bits per heavy atom. The molecule has 1 aliphatic heterocycles. The maximum absolute atomic E-state index is 12.9. The minimum atomic E-state index is -4.82. The lowest BCUT2D eigenvalue weighted by Gasteiger charge is -2.18. The van der Waals surface area contributed by atoms with Gasteiger partial charge in [-0.05, 0) is 17.5 Å². The van der Waals surface area contributed by atoms with Gasteiger partial charge in [0.05, 0.1) is 42.3 Å². The Morgan fingerprint density at radius 3 is 2.52 bits per heavy atom. The van der Waals surface area contributed by atoms with E-state index in [1.807, 2.05) is 0 Å². The van der Waals surface area contributed by atoms with Gasteiger partial charge in [-0.15, -0.1) is 11.3 Å². The van der Waals surface area contributed by atoms with Gasteiger partial charge >= 0.3 is 6.18 Å². The SMILES string of the molecule is C[NH+]1CCOCC1.N#Cc1cc(C(=O)c2cccs2)c(C(F)(F)F)nc1[S-]. The minimum Gasteiger partial charge on any atom is -0.759 e. The van der Waals surface area contributed by atoms with Crippen molar-refractivity contribution in [1.82, 2.24) is 4.98 Å². The van der Waals surface area contributed by atoms with Crippen LogP contribution in [-0.2, 0) is 23.5 Å². The summed E-state index contributed by atoms with van der Waals surface area (Å²) in [5, 5.41) is 9.90. The first kappa shape index (κ1) is 21.2. The molecular weight excluding hydrogens is 399 g/mol. The molecule has 0 unspecified atom stereocenters. The van der Waals surface area contributed by atoms with Crippen LogP contribution in [0.3, 0.4) is 0 Å². The van der Waals surface area contributed by atoms with E-state index in [9.17, 15) is 18.0 Å². The summed E-state index contributed by atoms with van der Waals surface area (Å²) in [5.74, 6) is -0.827. The van der Waals surface area contributed by atoms with Crippen molar-refractivity contribution in [2.24, 2.45) is 0 Å². The normalized spacial score (nSPS) is 14.8. The van der Waals surface area contributed by atoms with Crippen LogP contribution in [0.1, 0.15) is 26.5 Å². The molecule has 0 aromatic carbocycles. The summed E-state index contributed by atoms with van der Waals surface area (Å²) in [5.41, 5.74) is -2.25. The number of hydrogen-bond acceptors (Lipinski definition) is 6. The highest BCUT2D eigenvalue weighted by atomic mass is 32.1. The monoisotopic (exact) mass is 415 g/mol. The van der Waals surface area contributed by atoms with Crippen molar-refractivity contribution in [1.29, 1.82) is 5.26 Å². The van der Waals surface area contributed by atoms with Crippen molar-refractivity contribution in [2.75, 3.05) is 33.4 Å². The number of quaternary nitrogens is 1. The van der Waals surface area contributed by atoms with Gasteiger partial charge in [-0.25, -0.2) is 0 Å². The van der Waals surface area contributed by atoms with E-state index in [0.29, 0.717) is 0 Å². The number of rotatable bonds is 2. The fourth-order valence-corrected chi connectivity index (χ4v) is 3.10. The molecule has 144 valence electrons. The highest BCUT2D eigenvalue weighted by Crippen LogP contribution is 2.33. The van der Waals surface area contributed by atoms with E-state index >= 15 is 0 Å². The van der Waals surface area contributed by atoms with Gasteiger partial charge in [0, 0.05) is 0 Å². The molecule has 2 aromatic rings. The molecule has 0 saturated carbocycles. The highest BCUT2D eigenvalue weighted by molar-refractivity contribution is 7.58. The molecule has 5 nitrogen and oxygen atoms in total. The lowest BCUT2D eigenvalue weighted by atomic mass is 10.1. The Morgan fingerprint density at radius 2 is 2.07 bits per heavy atom. The van der Waals surface area contributed by atoms with E-state index in [0.717, 1.165) is 30.6 Å². The van der Waals surface area contributed by atoms with Crippen molar-refractivity contribution in [3.05, 3.63) is 45.3 Å². The number of pyridine rings is 1. The topological polar surface area (TPSA) is 67.4 Å². The molecule has 3 rings (SSSR count). The smallest absolute Gasteiger partial charge is 0.434 e. The molecule has 0 bridgehead atoms. The zero-order chi connectivity index (χ0) is 20.0. The van der Waals surface area contributed by atoms with E-state index in [1.54, 1.807) is 22.4 Å². The van der Waals surface area contributed by atoms with Crippen LogP contribution in [0.5, 0.6) is 0 Å². The van der Waals surface area contributed by atoms with Crippen LogP contribution in [0.2, 0.25) is 0 Å². The summed E-state index contributed by atoms with van der Waals surface area (Å²) in [7, 11) is 2.20. The Hall–Kier alpha value is -2.06. The van der Waals surface area contributed by atoms with E-state index in [4.69, 9.17) is 10.00 Å². The molecule has 1 aliphatic rings. The predicted octanol–water partition coefficient (Wildman–Crippen LogP) is 1.70. The number of halogens is 3. The van der Waals surface area contributed by atoms with Crippen molar-refractivity contribution in [3.8, 4) is 6.07 Å². The van der Waals surface area contributed by atoms with Gasteiger partial charge in [0.2, 0.25) is 5.78 Å². The second-order valence-corrected chi connectivity index (χ2v) is 7.06. The predicted molar refractivity (Wildman–Crippen MR) is 94.8 cm³/mol. The van der Waals surface area contributed by atoms with Crippen LogP contribution < -0.4 is 4.90 Å². The summed E-state index contributed by atoms with van der Waals surface area (Å²) < 4.78 is 43.9. The van der Waals surface area contributed by atoms with Crippen LogP contribution in [0.15, 0.2) is 28.6 Å². The van der Waals surface area contributed by atoms with Gasteiger partial charge in [-0.1, -0.05) is 11.1 Å². The Bertz CT molecular complexity index is 827. The first-order chi connectivity index (χ1) is 12.7. The molecule has 0 atom stereocenters. The van der Waals surface area contributed by atoms with Crippen LogP contribution in [0.25, 0.3) is 0 Å². The molecule has 10 heteroatoms. The maximum atomic E-state index is 12.9. The van der Waals surface area contributed by atoms with Gasteiger partial charge in [-0.2, -0.15) is 18.4 Å². The van der Waals surface area contributed by atoms with Crippen molar-refractivity contribution < 1.29 is 27.6 Å². The highest BCUT2D eigenvalue weighted by Gasteiger charge is 2.37. The lowest BCUT2D eigenvalue weighted by molar-refractivity contribution is -0.888. The second kappa shape index (κ2) is 9.23. The lowest BCUT2D eigenvalue weighted by Crippen LogP contribution is -3.11. The molecule has 1 fully saturated rings. The number of ether oxygens (including phenoxy) is 1. The standard InChI is InChI=1S/C12H5F3N2OS2.C5H11NO/c13-12(14,15)10-7(4-6(5-16)11(19)17-10)9(18)8-2-1-3-20-8;1-6-2-4-7-5-3-6/h1-4H,(H,17,19);2-5H2,1H3. The fraction of sp³-hybridized carbons (Fsp3) is 0.353. The molecular formula is C17H16F3N3O2S2. The maximum Gasteiger partial charge on any atom is 0.434 e. The van der Waals surface area contributed by atoms with E-state index < -0.39 is 28.2 Å². The van der Waals surface area contributed by atoms with Crippen LogP contribution in [-0.4, -0.2) is 44.1 Å². The van der Waals surface area contributed by atoms with Gasteiger partial charge in [-0.3, -0.25) is 9.78 Å². The molecule has 1 N–H and O–H groups in total. The molecule has 0 aliphatic carbocycles. The molecule has 0 amide bonds. The number of carbonyl (C=O) groups is 1. The number of ketones is 1. The number of morpholine rings is 1. The average molecular weight is 415 g/mol. The summed E-state index contributed by atoms with van der Waals surface area (Å²) in [6.45, 7) is 4.26. The summed E-state index contributed by atoms with van der Waals surface area (Å²) in [6.07, 6.45) is -4.82. The number of nitrogens with one attached hydrogen (secondary N) is 1. The van der Waals surface area contributed by atoms with Crippen molar-refractivity contribution in [3.63, 3.8) is 0 Å². The number of carbonyl (C=O) groups excluding carboxylic acids is 1. The van der Waals surface area contributed by atoms with Gasteiger partial charge in [0.1, 0.15) is 13.1 Å². The number of nitrogens with zero attached hydrogens (tertiary/aromatic N) is 2. The average Bonchev–Trinajstić information content (AvgIpc) is 3.16. The quantitative estimate of drug-likeness (QED) is 0.598. The minimum absolute atomic E-state index is 0.137. The zero-order valence-corrected chi connectivity index (χ0v) is 15.9. The Labute approximate surface area is 163 Å². The summed E-state index contributed by atoms with van der Waals surface area (Å²) in [6, 6.07) is 5.43. The third kappa shape index (κ3) is 5.71. The van der Waals surface area contributed by atoms with E-state index in [-0.39, 0.29) is 10.4 Å². The summed E-state index contributed by atoms with van der Waals surface area (Å²) >= 11 is 5.62. The van der Waals surface area contributed by atoms with Crippen LogP contribution in [0, 0.1) is 11.3 Å². The fourth-order valence-electron chi connectivity index (χ4n) is 2.23. The second-order valence-electron chi connectivity index (χ2n) is 5.72. The first-order valence-corrected chi connectivity index (χ1v) is 9.19. The third-order valence-corrected chi connectivity index (χ3v) is 4.89. The van der Waals surface area contributed by atoms with Crippen molar-refractivity contribution >= 4 is 29.7 Å². The molecule has 1 saturated heterocycles. The number of hydrogen-bond donors (Lipinski definition) is 1. The number of nitriles is 1. The zero-order valence-electron chi connectivity index (χ0n) is 14.3. The van der Waals surface area contributed by atoms with Gasteiger partial charge in [0.25, 0.3) is 0 Å². The first-order valence-electron chi connectivity index (χ1n) is 7.90. The number of aromatic nitrogens is 1. The molecule has 27 heavy (non-hydrogen) atoms. The van der Waals surface area contributed by atoms with E-state index in [2.05, 4.69) is 24.7 Å². The van der Waals surface area contributed by atoms with E-state index in [1.165, 1.54) is 19.2 Å². The number of thiophene rings is 1. The third-order valence-electron chi connectivity index (χ3n) is 3.71. The summed E-state index contributed by atoms with van der Waals surface area (Å²) in [4.78, 5) is 17.0. The Kier molecular flexibility index (Phi) is 7.26. The van der Waals surface area contributed by atoms with Crippen molar-refractivity contribution in [2.45, 2.75) is 11.2 Å². The molecule has 0 spiro atoms. The van der Waals surface area contributed by atoms with Crippen LogP contribution >= 0.6 is 11.3 Å². The van der Waals surface area contributed by atoms with Gasteiger partial charge < -0.3 is 22.3 Å².